The standard InChI is InChI=1S/C22H22FN3O4/c1-12-2-3-14(16(23)6-12)8-24-20(29)15-10-25-11-22-5-4-13(7-22)9-26(22)21(30)17(25)19(28)18(15)27/h2-3,6,10,13,28H,4-5,7-9,11H2,1H3,(H,24,29)/t13-,22+/m1/s1. The molecule has 7 nitrogen and oxygen atoms in total. The normalized spacial score (nSPS) is 24.0. The van der Waals surface area contributed by atoms with Crippen molar-refractivity contribution in [2.75, 3.05) is 6.54 Å². The van der Waals surface area contributed by atoms with Gasteiger partial charge in [-0.1, -0.05) is 12.1 Å². The molecule has 1 saturated heterocycles. The molecule has 2 aliphatic heterocycles. The maximum atomic E-state index is 14.0. The van der Waals surface area contributed by atoms with Crippen molar-refractivity contribution >= 4 is 11.8 Å². The Kier molecular flexibility index (Phi) is 4.03. The number of hydrogen-bond acceptors (Lipinski definition) is 4. The minimum atomic E-state index is -0.892. The third-order valence-corrected chi connectivity index (χ3v) is 6.76. The van der Waals surface area contributed by atoms with Crippen molar-refractivity contribution in [3.8, 4) is 5.75 Å². The van der Waals surface area contributed by atoms with E-state index in [0.29, 0.717) is 24.6 Å². The SMILES string of the molecule is Cc1ccc(CNC(=O)c2cn3c(c(O)c2=O)C(=O)N2C[C@@H]4CC[C@]2(C4)C3)c(F)c1. The van der Waals surface area contributed by atoms with Crippen LogP contribution in [0.15, 0.2) is 29.2 Å². The van der Waals surface area contributed by atoms with Gasteiger partial charge in [0.15, 0.2) is 11.4 Å². The van der Waals surface area contributed by atoms with Crippen LogP contribution in [0.1, 0.15) is 51.2 Å². The van der Waals surface area contributed by atoms with Gasteiger partial charge in [0.1, 0.15) is 11.4 Å². The number of aryl methyl sites for hydroxylation is 1. The molecule has 3 heterocycles. The molecule has 3 aliphatic rings. The molecule has 30 heavy (non-hydrogen) atoms. The second-order valence-electron chi connectivity index (χ2n) is 8.72. The van der Waals surface area contributed by atoms with E-state index < -0.39 is 22.9 Å². The van der Waals surface area contributed by atoms with E-state index in [9.17, 15) is 23.9 Å². The maximum absolute atomic E-state index is 14.0. The van der Waals surface area contributed by atoms with Gasteiger partial charge in [0.25, 0.3) is 11.8 Å². The first-order valence-corrected chi connectivity index (χ1v) is 10.1. The Bertz CT molecular complexity index is 1160. The summed E-state index contributed by atoms with van der Waals surface area (Å²) in [6.45, 7) is 2.77. The molecule has 1 aliphatic carbocycles. The van der Waals surface area contributed by atoms with Gasteiger partial charge in [0, 0.05) is 31.4 Å². The molecule has 0 unspecified atom stereocenters. The molecule has 5 rings (SSSR count). The summed E-state index contributed by atoms with van der Waals surface area (Å²) in [4.78, 5) is 40.1. The highest BCUT2D eigenvalue weighted by Gasteiger charge is 2.56. The first-order chi connectivity index (χ1) is 14.3. The molecule has 8 heteroatoms. The molecule has 2 aromatic rings. The molecular formula is C22H22FN3O4. The predicted molar refractivity (Wildman–Crippen MR) is 106 cm³/mol. The molecule has 1 aromatic heterocycles. The summed E-state index contributed by atoms with van der Waals surface area (Å²) >= 11 is 0. The first kappa shape index (κ1) is 18.8. The number of carbonyl (C=O) groups excluding carboxylic acids is 2. The monoisotopic (exact) mass is 411 g/mol. The number of hydrogen-bond donors (Lipinski definition) is 2. The Morgan fingerprint density at radius 2 is 2.17 bits per heavy atom. The molecular weight excluding hydrogens is 389 g/mol. The van der Waals surface area contributed by atoms with Gasteiger partial charge < -0.3 is 19.9 Å². The lowest BCUT2D eigenvalue weighted by molar-refractivity contribution is 0.0397. The highest BCUT2D eigenvalue weighted by atomic mass is 19.1. The van der Waals surface area contributed by atoms with Crippen molar-refractivity contribution in [1.82, 2.24) is 14.8 Å². The second kappa shape index (κ2) is 6.42. The van der Waals surface area contributed by atoms with Crippen molar-refractivity contribution < 1.29 is 19.1 Å². The summed E-state index contributed by atoms with van der Waals surface area (Å²) in [6.07, 6.45) is 4.19. The van der Waals surface area contributed by atoms with Gasteiger partial charge in [-0.2, -0.15) is 0 Å². The highest BCUT2D eigenvalue weighted by molar-refractivity contribution is 5.99. The Balaban J connectivity index is 1.46. The molecule has 1 saturated carbocycles. The maximum Gasteiger partial charge on any atom is 0.275 e. The van der Waals surface area contributed by atoms with Gasteiger partial charge in [-0.05, 0) is 43.7 Å². The van der Waals surface area contributed by atoms with Gasteiger partial charge in [-0.15, -0.1) is 0 Å². The van der Waals surface area contributed by atoms with Gasteiger partial charge in [0.05, 0.1) is 5.54 Å². The van der Waals surface area contributed by atoms with Crippen LogP contribution in [-0.2, 0) is 13.1 Å². The Morgan fingerprint density at radius 3 is 2.90 bits per heavy atom. The van der Waals surface area contributed by atoms with E-state index >= 15 is 0 Å². The minimum absolute atomic E-state index is 0.0562. The Hall–Kier alpha value is -3.16. The number of nitrogens with zero attached hydrogens (tertiary/aromatic N) is 2. The van der Waals surface area contributed by atoms with Crippen LogP contribution >= 0.6 is 0 Å². The van der Waals surface area contributed by atoms with Crippen LogP contribution in [0.25, 0.3) is 0 Å². The third-order valence-electron chi connectivity index (χ3n) is 6.76. The lowest BCUT2D eigenvalue weighted by Crippen LogP contribution is -2.55. The minimum Gasteiger partial charge on any atom is -0.503 e. The van der Waals surface area contributed by atoms with E-state index in [1.54, 1.807) is 28.5 Å². The molecule has 2 N–H and O–H groups in total. The number of aromatic nitrogens is 1. The molecule has 2 atom stereocenters. The molecule has 0 radical (unpaired) electrons. The van der Waals surface area contributed by atoms with Gasteiger partial charge in [-0.25, -0.2) is 4.39 Å². The van der Waals surface area contributed by atoms with Gasteiger partial charge in [-0.3, -0.25) is 14.4 Å². The zero-order valence-corrected chi connectivity index (χ0v) is 16.6. The number of amides is 2. The fourth-order valence-electron chi connectivity index (χ4n) is 5.27. The Morgan fingerprint density at radius 1 is 1.37 bits per heavy atom. The summed E-state index contributed by atoms with van der Waals surface area (Å²) in [6, 6.07) is 4.68. The van der Waals surface area contributed by atoms with Crippen molar-refractivity contribution in [1.29, 1.82) is 0 Å². The van der Waals surface area contributed by atoms with Crippen molar-refractivity contribution in [3.05, 3.63) is 62.8 Å². The molecule has 2 fully saturated rings. The number of piperidine rings is 1. The zero-order chi connectivity index (χ0) is 21.2. The van der Waals surface area contributed by atoms with E-state index in [4.69, 9.17) is 0 Å². The fourth-order valence-corrected chi connectivity index (χ4v) is 5.27. The summed E-state index contributed by atoms with van der Waals surface area (Å²) in [7, 11) is 0. The van der Waals surface area contributed by atoms with Gasteiger partial charge >= 0.3 is 0 Å². The molecule has 1 spiro atoms. The lowest BCUT2D eigenvalue weighted by atomic mass is 9.93. The van der Waals surface area contributed by atoms with E-state index in [1.807, 2.05) is 0 Å². The smallest absolute Gasteiger partial charge is 0.275 e. The van der Waals surface area contributed by atoms with E-state index in [2.05, 4.69) is 5.32 Å². The third kappa shape index (κ3) is 2.66. The van der Waals surface area contributed by atoms with Crippen LogP contribution in [0.5, 0.6) is 5.75 Å². The molecule has 1 aromatic carbocycles. The number of rotatable bonds is 3. The fraction of sp³-hybridized carbons (Fsp3) is 0.409. The number of pyridine rings is 1. The summed E-state index contributed by atoms with van der Waals surface area (Å²) in [5.74, 6) is -1.76. The quantitative estimate of drug-likeness (QED) is 0.808. The summed E-state index contributed by atoms with van der Waals surface area (Å²) < 4.78 is 15.6. The number of nitrogens with one attached hydrogen (secondary N) is 1. The largest absolute Gasteiger partial charge is 0.503 e. The molecule has 156 valence electrons. The number of benzene rings is 1. The average molecular weight is 411 g/mol. The molecule has 2 bridgehead atoms. The summed E-state index contributed by atoms with van der Waals surface area (Å²) in [5, 5.41) is 13.0. The van der Waals surface area contributed by atoms with Crippen LogP contribution in [0, 0.1) is 18.7 Å². The lowest BCUT2D eigenvalue weighted by Gasteiger charge is -2.44. The zero-order valence-electron chi connectivity index (χ0n) is 16.6. The number of aromatic hydroxyl groups is 1. The Labute approximate surface area is 172 Å². The van der Waals surface area contributed by atoms with Crippen LogP contribution in [0.3, 0.4) is 0 Å². The van der Waals surface area contributed by atoms with E-state index in [-0.39, 0.29) is 29.2 Å². The summed E-state index contributed by atoms with van der Waals surface area (Å²) in [5.41, 5.74) is -0.441. The van der Waals surface area contributed by atoms with Crippen LogP contribution in [0.4, 0.5) is 4.39 Å². The van der Waals surface area contributed by atoms with E-state index in [0.717, 1.165) is 24.8 Å². The van der Waals surface area contributed by atoms with Crippen LogP contribution < -0.4 is 10.7 Å². The van der Waals surface area contributed by atoms with Crippen LogP contribution in [-0.4, -0.2) is 38.5 Å². The average Bonchev–Trinajstić information content (AvgIpc) is 3.27. The number of carbonyl (C=O) groups is 2. The van der Waals surface area contributed by atoms with Gasteiger partial charge in [0.2, 0.25) is 5.43 Å². The van der Waals surface area contributed by atoms with Crippen LogP contribution in [0.2, 0.25) is 0 Å². The van der Waals surface area contributed by atoms with Crippen molar-refractivity contribution in [2.45, 2.75) is 44.8 Å². The topological polar surface area (TPSA) is 91.6 Å². The molecule has 2 amide bonds. The number of halogens is 1. The second-order valence-corrected chi connectivity index (χ2v) is 8.72. The first-order valence-electron chi connectivity index (χ1n) is 10.1. The van der Waals surface area contributed by atoms with E-state index in [1.165, 1.54) is 12.3 Å². The highest BCUT2D eigenvalue weighted by Crippen LogP contribution is 2.50. The van der Waals surface area contributed by atoms with Crippen molar-refractivity contribution in [2.24, 2.45) is 5.92 Å². The predicted octanol–water partition coefficient (Wildman–Crippen LogP) is 1.94. The van der Waals surface area contributed by atoms with Crippen molar-refractivity contribution in [3.63, 3.8) is 0 Å². The number of fused-ring (bicyclic) bond motifs is 2.